The van der Waals surface area contributed by atoms with Crippen LogP contribution in [0.4, 0.5) is 0 Å². The van der Waals surface area contributed by atoms with E-state index < -0.39 is 15.9 Å². The van der Waals surface area contributed by atoms with E-state index in [0.717, 1.165) is 25.7 Å². The van der Waals surface area contributed by atoms with Crippen LogP contribution in [0.5, 0.6) is 0 Å². The molecule has 0 radical (unpaired) electrons. The molecule has 116 valence electrons. The zero-order valence-electron chi connectivity index (χ0n) is 11.9. The van der Waals surface area contributed by atoms with E-state index in [-0.39, 0.29) is 16.6 Å². The number of amides is 1. The van der Waals surface area contributed by atoms with E-state index in [2.05, 4.69) is 15.5 Å². The number of carbonyl (C=O) groups is 1. The molecule has 1 heterocycles. The number of nitrogens with two attached hydrogens (primary N) is 1. The molecular formula is C13H20N4O3S. The molecule has 0 atom stereocenters. The van der Waals surface area contributed by atoms with Gasteiger partial charge in [-0.2, -0.15) is 5.10 Å². The van der Waals surface area contributed by atoms with Crippen LogP contribution in [0.3, 0.4) is 0 Å². The van der Waals surface area contributed by atoms with Crippen LogP contribution in [0, 0.1) is 11.8 Å². The van der Waals surface area contributed by atoms with E-state index >= 15 is 0 Å². The molecule has 4 N–H and O–H groups in total. The van der Waals surface area contributed by atoms with Crippen molar-refractivity contribution in [1.82, 2.24) is 15.5 Å². The maximum atomic E-state index is 12.4. The van der Waals surface area contributed by atoms with Crippen molar-refractivity contribution in [2.75, 3.05) is 0 Å². The van der Waals surface area contributed by atoms with Crippen molar-refractivity contribution in [3.63, 3.8) is 0 Å². The topological polar surface area (TPSA) is 118 Å². The van der Waals surface area contributed by atoms with Gasteiger partial charge in [0.2, 0.25) is 10.0 Å². The highest BCUT2D eigenvalue weighted by Crippen LogP contribution is 2.44. The Morgan fingerprint density at radius 2 is 1.95 bits per heavy atom. The molecular weight excluding hydrogens is 292 g/mol. The average molecular weight is 312 g/mol. The maximum Gasteiger partial charge on any atom is 0.273 e. The van der Waals surface area contributed by atoms with Crippen molar-refractivity contribution < 1.29 is 13.2 Å². The molecule has 7 nitrogen and oxygen atoms in total. The third kappa shape index (κ3) is 2.96. The number of aryl methyl sites for hydroxylation is 1. The van der Waals surface area contributed by atoms with Crippen molar-refractivity contribution in [2.24, 2.45) is 17.0 Å². The number of primary sulfonamides is 1. The average Bonchev–Trinajstić information content (AvgIpc) is 3.31. The number of sulfonamides is 1. The molecule has 2 fully saturated rings. The van der Waals surface area contributed by atoms with E-state index in [1.807, 2.05) is 0 Å². The highest BCUT2D eigenvalue weighted by atomic mass is 32.2. The summed E-state index contributed by atoms with van der Waals surface area (Å²) in [5, 5.41) is 14.7. The molecule has 3 rings (SSSR count). The SMILES string of the molecule is CCc1[nH]nc(C(=O)NC(C2CC2)C2CC2)c1S(N)(=O)=O. The summed E-state index contributed by atoms with van der Waals surface area (Å²) in [6, 6.07) is 0.146. The third-order valence-electron chi connectivity index (χ3n) is 4.20. The van der Waals surface area contributed by atoms with Gasteiger partial charge >= 0.3 is 0 Å². The summed E-state index contributed by atoms with van der Waals surface area (Å²) in [4.78, 5) is 12.2. The highest BCUT2D eigenvalue weighted by Gasteiger charge is 2.43. The van der Waals surface area contributed by atoms with E-state index in [4.69, 9.17) is 5.14 Å². The second kappa shape index (κ2) is 5.10. The van der Waals surface area contributed by atoms with Crippen LogP contribution in [0.2, 0.25) is 0 Å². The number of H-pyrrole nitrogens is 1. The van der Waals surface area contributed by atoms with Gasteiger partial charge in [0.05, 0.1) is 5.69 Å². The van der Waals surface area contributed by atoms with Crippen molar-refractivity contribution in [2.45, 2.75) is 50.0 Å². The lowest BCUT2D eigenvalue weighted by Crippen LogP contribution is -2.39. The fourth-order valence-corrected chi connectivity index (χ4v) is 3.76. The van der Waals surface area contributed by atoms with Crippen LogP contribution < -0.4 is 10.5 Å². The quantitative estimate of drug-likeness (QED) is 0.710. The molecule has 0 spiro atoms. The second-order valence-corrected chi connectivity index (χ2v) is 7.45. The zero-order chi connectivity index (χ0) is 15.2. The minimum atomic E-state index is -3.98. The first-order valence-electron chi connectivity index (χ1n) is 7.32. The summed E-state index contributed by atoms with van der Waals surface area (Å²) < 4.78 is 23.4. The van der Waals surface area contributed by atoms with Crippen LogP contribution in [-0.2, 0) is 16.4 Å². The molecule has 2 saturated carbocycles. The Labute approximate surface area is 123 Å². The Balaban J connectivity index is 1.85. The zero-order valence-corrected chi connectivity index (χ0v) is 12.7. The van der Waals surface area contributed by atoms with Gasteiger partial charge in [0.25, 0.3) is 5.91 Å². The molecule has 2 aliphatic rings. The maximum absolute atomic E-state index is 12.4. The summed E-state index contributed by atoms with van der Waals surface area (Å²) in [6.07, 6.45) is 4.93. The second-order valence-electron chi connectivity index (χ2n) is 5.95. The molecule has 1 aromatic rings. The van der Waals surface area contributed by atoms with Gasteiger partial charge in [0, 0.05) is 6.04 Å². The number of aromatic amines is 1. The predicted molar refractivity (Wildman–Crippen MR) is 76.0 cm³/mol. The number of nitrogens with one attached hydrogen (secondary N) is 2. The molecule has 0 saturated heterocycles. The lowest BCUT2D eigenvalue weighted by molar-refractivity contribution is 0.0917. The standard InChI is InChI=1S/C13H20N4O3S/c1-2-9-12(21(14,19)20)11(17-16-9)13(18)15-10(7-3-4-7)8-5-6-8/h7-8,10H,2-6H2,1H3,(H,15,18)(H,16,17)(H2,14,19,20). The molecule has 8 heteroatoms. The lowest BCUT2D eigenvalue weighted by atomic mass is 10.1. The fourth-order valence-electron chi connectivity index (χ4n) is 2.82. The first-order valence-corrected chi connectivity index (χ1v) is 8.87. The summed E-state index contributed by atoms with van der Waals surface area (Å²) in [7, 11) is -3.98. The molecule has 21 heavy (non-hydrogen) atoms. The highest BCUT2D eigenvalue weighted by molar-refractivity contribution is 7.89. The number of hydrogen-bond donors (Lipinski definition) is 3. The number of aromatic nitrogens is 2. The number of carbonyl (C=O) groups excluding carboxylic acids is 1. The molecule has 0 unspecified atom stereocenters. The van der Waals surface area contributed by atoms with Crippen molar-refractivity contribution in [3.8, 4) is 0 Å². The third-order valence-corrected chi connectivity index (χ3v) is 5.21. The van der Waals surface area contributed by atoms with E-state index in [9.17, 15) is 13.2 Å². The molecule has 0 aromatic carbocycles. The van der Waals surface area contributed by atoms with Gasteiger partial charge < -0.3 is 5.32 Å². The van der Waals surface area contributed by atoms with Gasteiger partial charge in [0.1, 0.15) is 4.90 Å². The summed E-state index contributed by atoms with van der Waals surface area (Å²) in [6.45, 7) is 1.78. The largest absolute Gasteiger partial charge is 0.347 e. The number of hydrogen-bond acceptors (Lipinski definition) is 4. The Bertz CT molecular complexity index is 647. The van der Waals surface area contributed by atoms with Gasteiger partial charge in [-0.15, -0.1) is 0 Å². The first kappa shape index (κ1) is 14.5. The van der Waals surface area contributed by atoms with Gasteiger partial charge in [-0.25, -0.2) is 13.6 Å². The van der Waals surface area contributed by atoms with Crippen LogP contribution in [0.15, 0.2) is 4.90 Å². The van der Waals surface area contributed by atoms with Crippen LogP contribution in [-0.4, -0.2) is 30.6 Å². The minimum absolute atomic E-state index is 0.111. The van der Waals surface area contributed by atoms with E-state index in [1.54, 1.807) is 6.92 Å². The molecule has 2 aliphatic carbocycles. The van der Waals surface area contributed by atoms with Crippen molar-refractivity contribution >= 4 is 15.9 Å². The number of rotatable bonds is 6. The lowest BCUT2D eigenvalue weighted by Gasteiger charge is -2.17. The monoisotopic (exact) mass is 312 g/mol. The summed E-state index contributed by atoms with van der Waals surface area (Å²) in [5.74, 6) is 0.617. The van der Waals surface area contributed by atoms with Gasteiger partial charge in [-0.05, 0) is 43.9 Å². The Morgan fingerprint density at radius 3 is 2.38 bits per heavy atom. The summed E-state index contributed by atoms with van der Waals surface area (Å²) in [5.41, 5.74) is 0.262. The van der Waals surface area contributed by atoms with E-state index in [1.165, 1.54) is 0 Å². The fraction of sp³-hybridized carbons (Fsp3) is 0.692. The van der Waals surface area contributed by atoms with Crippen LogP contribution >= 0.6 is 0 Å². The Kier molecular flexibility index (Phi) is 3.53. The van der Waals surface area contributed by atoms with Crippen molar-refractivity contribution in [3.05, 3.63) is 11.4 Å². The van der Waals surface area contributed by atoms with Gasteiger partial charge in [0.15, 0.2) is 5.69 Å². The smallest absolute Gasteiger partial charge is 0.273 e. The molecule has 0 aliphatic heterocycles. The van der Waals surface area contributed by atoms with Crippen LogP contribution in [0.25, 0.3) is 0 Å². The molecule has 1 aromatic heterocycles. The predicted octanol–water partition coefficient (Wildman–Crippen LogP) is 0.538. The Morgan fingerprint density at radius 1 is 1.38 bits per heavy atom. The van der Waals surface area contributed by atoms with Gasteiger partial charge in [-0.1, -0.05) is 6.92 Å². The summed E-state index contributed by atoms with van der Waals surface area (Å²) >= 11 is 0. The normalized spacial score (nSPS) is 19.0. The first-order chi connectivity index (χ1) is 9.91. The van der Waals surface area contributed by atoms with Crippen molar-refractivity contribution in [1.29, 1.82) is 0 Å². The molecule has 0 bridgehead atoms. The van der Waals surface area contributed by atoms with E-state index in [0.29, 0.717) is 24.0 Å². The number of nitrogens with zero attached hydrogens (tertiary/aromatic N) is 1. The minimum Gasteiger partial charge on any atom is -0.347 e. The van der Waals surface area contributed by atoms with Gasteiger partial charge in [-0.3, -0.25) is 9.89 Å². The van der Waals surface area contributed by atoms with Crippen LogP contribution in [0.1, 0.15) is 48.8 Å². The molecule has 1 amide bonds. The Hall–Kier alpha value is -1.41.